The number of hydrogen-bond acceptors (Lipinski definition) is 3. The summed E-state index contributed by atoms with van der Waals surface area (Å²) in [6.45, 7) is 3.23. The third-order valence-corrected chi connectivity index (χ3v) is 3.66. The quantitative estimate of drug-likeness (QED) is 0.379. The zero-order valence-corrected chi connectivity index (χ0v) is 16.5. The van der Waals surface area contributed by atoms with E-state index in [1.165, 1.54) is 11.1 Å². The van der Waals surface area contributed by atoms with Gasteiger partial charge < -0.3 is 20.5 Å². The monoisotopic (exact) mass is 441 g/mol. The number of nitrogens with one attached hydrogen (secondary N) is 2. The number of methoxy groups -OCH3 is 1. The fraction of sp³-hybridized carbons (Fsp3) is 0.278. The van der Waals surface area contributed by atoms with Gasteiger partial charge in [-0.3, -0.25) is 4.99 Å². The Balaban J connectivity index is 0.00000288. The number of nitrogens with zero attached hydrogens (tertiary/aromatic N) is 1. The normalized spacial score (nSPS) is 10.7. The van der Waals surface area contributed by atoms with Gasteiger partial charge in [-0.25, -0.2) is 0 Å². The maximum Gasteiger partial charge on any atom is 0.191 e. The van der Waals surface area contributed by atoms with Crippen LogP contribution in [-0.2, 0) is 13.1 Å². The van der Waals surface area contributed by atoms with Gasteiger partial charge in [-0.15, -0.1) is 24.0 Å². The van der Waals surface area contributed by atoms with E-state index in [2.05, 4.69) is 34.7 Å². The van der Waals surface area contributed by atoms with E-state index in [1.54, 1.807) is 32.4 Å². The number of hydrogen-bond donors (Lipinski definition) is 3. The Kier molecular flexibility index (Phi) is 8.39. The summed E-state index contributed by atoms with van der Waals surface area (Å²) in [7, 11) is 3.32. The predicted molar refractivity (Wildman–Crippen MR) is 108 cm³/mol. The van der Waals surface area contributed by atoms with Gasteiger partial charge in [0.15, 0.2) is 5.96 Å². The summed E-state index contributed by atoms with van der Waals surface area (Å²) in [6.07, 6.45) is 0. The van der Waals surface area contributed by atoms with Gasteiger partial charge in [0.25, 0.3) is 0 Å². The highest BCUT2D eigenvalue weighted by Gasteiger charge is 2.05. The Morgan fingerprint density at radius 1 is 1.08 bits per heavy atom. The van der Waals surface area contributed by atoms with Crippen molar-refractivity contribution >= 4 is 29.9 Å². The molecular formula is C18H24IN3O2. The molecule has 0 saturated heterocycles. The molecule has 5 nitrogen and oxygen atoms in total. The summed E-state index contributed by atoms with van der Waals surface area (Å²) < 4.78 is 5.18. The first-order valence-corrected chi connectivity index (χ1v) is 7.49. The first kappa shape index (κ1) is 20.1. The summed E-state index contributed by atoms with van der Waals surface area (Å²) in [6, 6.07) is 13.4. The highest BCUT2D eigenvalue weighted by Crippen LogP contribution is 2.22. The van der Waals surface area contributed by atoms with Crippen LogP contribution in [0.1, 0.15) is 16.7 Å². The minimum Gasteiger partial charge on any atom is -0.508 e. The molecule has 0 bridgehead atoms. The number of benzene rings is 2. The molecule has 3 N–H and O–H groups in total. The van der Waals surface area contributed by atoms with Crippen LogP contribution < -0.4 is 15.4 Å². The van der Waals surface area contributed by atoms with Gasteiger partial charge in [0, 0.05) is 25.7 Å². The zero-order chi connectivity index (χ0) is 16.7. The van der Waals surface area contributed by atoms with E-state index < -0.39 is 0 Å². The van der Waals surface area contributed by atoms with Crippen molar-refractivity contribution in [2.24, 2.45) is 4.99 Å². The van der Waals surface area contributed by atoms with E-state index in [-0.39, 0.29) is 29.7 Å². The number of aliphatic imine (C=N–C) groups is 1. The average Bonchev–Trinajstić information content (AvgIpc) is 2.57. The standard InChI is InChI=1S/C18H23N3O2.HI/c1-13-6-4-5-7-14(13)11-20-18(19-2)21-12-15-10-16(23-3)8-9-17(15)22;/h4-10,22H,11-12H2,1-3H3,(H2,19,20,21);1H. The van der Waals surface area contributed by atoms with Crippen LogP contribution in [0.4, 0.5) is 0 Å². The predicted octanol–water partition coefficient (Wildman–Crippen LogP) is 3.19. The maximum absolute atomic E-state index is 9.90. The van der Waals surface area contributed by atoms with Crippen molar-refractivity contribution in [1.29, 1.82) is 0 Å². The number of halogens is 1. The van der Waals surface area contributed by atoms with Crippen molar-refractivity contribution in [2.75, 3.05) is 14.2 Å². The fourth-order valence-electron chi connectivity index (χ4n) is 2.22. The van der Waals surface area contributed by atoms with Crippen molar-refractivity contribution < 1.29 is 9.84 Å². The molecule has 0 unspecified atom stereocenters. The molecule has 2 rings (SSSR count). The molecule has 0 saturated carbocycles. The lowest BCUT2D eigenvalue weighted by molar-refractivity contribution is 0.410. The summed E-state index contributed by atoms with van der Waals surface area (Å²) >= 11 is 0. The molecule has 0 atom stereocenters. The molecule has 24 heavy (non-hydrogen) atoms. The highest BCUT2D eigenvalue weighted by molar-refractivity contribution is 14.0. The Morgan fingerprint density at radius 3 is 2.38 bits per heavy atom. The van der Waals surface area contributed by atoms with Crippen LogP contribution in [0.3, 0.4) is 0 Å². The largest absolute Gasteiger partial charge is 0.508 e. The lowest BCUT2D eigenvalue weighted by Gasteiger charge is -2.14. The fourth-order valence-corrected chi connectivity index (χ4v) is 2.22. The minimum atomic E-state index is 0. The van der Waals surface area contributed by atoms with Crippen LogP contribution in [0.2, 0.25) is 0 Å². The van der Waals surface area contributed by atoms with Gasteiger partial charge in [-0.2, -0.15) is 0 Å². The van der Waals surface area contributed by atoms with Gasteiger partial charge in [-0.05, 0) is 36.2 Å². The Labute approximate surface area is 160 Å². The molecule has 0 heterocycles. The van der Waals surface area contributed by atoms with E-state index in [4.69, 9.17) is 4.74 Å². The Bertz CT molecular complexity index is 690. The van der Waals surface area contributed by atoms with E-state index in [9.17, 15) is 5.11 Å². The SMILES string of the molecule is CN=C(NCc1ccccc1C)NCc1cc(OC)ccc1O.I. The van der Waals surface area contributed by atoms with Crippen molar-refractivity contribution in [3.05, 3.63) is 59.2 Å². The number of ether oxygens (including phenoxy) is 1. The third-order valence-electron chi connectivity index (χ3n) is 3.66. The molecule has 0 fully saturated rings. The van der Waals surface area contributed by atoms with E-state index in [1.807, 2.05) is 12.1 Å². The number of phenols is 1. The molecule has 0 amide bonds. The maximum atomic E-state index is 9.90. The van der Waals surface area contributed by atoms with Crippen molar-refractivity contribution in [3.8, 4) is 11.5 Å². The number of phenolic OH excluding ortho intramolecular Hbond substituents is 1. The van der Waals surface area contributed by atoms with Crippen LogP contribution >= 0.6 is 24.0 Å². The lowest BCUT2D eigenvalue weighted by atomic mass is 10.1. The summed E-state index contributed by atoms with van der Waals surface area (Å²) in [5.41, 5.74) is 3.21. The summed E-state index contributed by atoms with van der Waals surface area (Å²) in [4.78, 5) is 4.20. The second-order valence-electron chi connectivity index (χ2n) is 5.20. The van der Waals surface area contributed by atoms with Crippen LogP contribution in [-0.4, -0.2) is 25.2 Å². The molecule has 0 spiro atoms. The Morgan fingerprint density at radius 2 is 1.75 bits per heavy atom. The smallest absolute Gasteiger partial charge is 0.191 e. The van der Waals surface area contributed by atoms with Gasteiger partial charge in [-0.1, -0.05) is 24.3 Å². The first-order valence-electron chi connectivity index (χ1n) is 7.49. The summed E-state index contributed by atoms with van der Waals surface area (Å²) in [5, 5.41) is 16.4. The van der Waals surface area contributed by atoms with Crippen LogP contribution in [0.5, 0.6) is 11.5 Å². The molecule has 6 heteroatoms. The molecule has 0 aliphatic rings. The van der Waals surface area contributed by atoms with Crippen LogP contribution in [0, 0.1) is 6.92 Å². The van der Waals surface area contributed by atoms with Crippen LogP contribution in [0.15, 0.2) is 47.5 Å². The minimum absolute atomic E-state index is 0. The van der Waals surface area contributed by atoms with Gasteiger partial charge >= 0.3 is 0 Å². The molecule has 2 aromatic carbocycles. The second-order valence-corrected chi connectivity index (χ2v) is 5.20. The highest BCUT2D eigenvalue weighted by atomic mass is 127. The number of aromatic hydroxyl groups is 1. The molecular weight excluding hydrogens is 417 g/mol. The molecule has 0 radical (unpaired) electrons. The van der Waals surface area contributed by atoms with E-state index >= 15 is 0 Å². The van der Waals surface area contributed by atoms with Gasteiger partial charge in [0.2, 0.25) is 0 Å². The van der Waals surface area contributed by atoms with Crippen LogP contribution in [0.25, 0.3) is 0 Å². The van der Waals surface area contributed by atoms with Crippen molar-refractivity contribution in [2.45, 2.75) is 20.0 Å². The first-order chi connectivity index (χ1) is 11.1. The zero-order valence-electron chi connectivity index (χ0n) is 14.2. The number of aryl methyl sites for hydroxylation is 1. The Hall–Kier alpha value is -1.96. The number of guanidine groups is 1. The molecule has 0 aliphatic carbocycles. The molecule has 0 aliphatic heterocycles. The molecule has 130 valence electrons. The van der Waals surface area contributed by atoms with Gasteiger partial charge in [0.1, 0.15) is 11.5 Å². The topological polar surface area (TPSA) is 65.9 Å². The van der Waals surface area contributed by atoms with Gasteiger partial charge in [0.05, 0.1) is 7.11 Å². The van der Waals surface area contributed by atoms with E-state index in [0.717, 1.165) is 5.56 Å². The number of rotatable bonds is 5. The van der Waals surface area contributed by atoms with E-state index in [0.29, 0.717) is 24.8 Å². The van der Waals surface area contributed by atoms with Crippen molar-refractivity contribution in [1.82, 2.24) is 10.6 Å². The lowest BCUT2D eigenvalue weighted by Crippen LogP contribution is -2.36. The average molecular weight is 441 g/mol. The molecule has 0 aromatic heterocycles. The second kappa shape index (κ2) is 10.0. The molecule has 2 aromatic rings. The summed E-state index contributed by atoms with van der Waals surface area (Å²) in [5.74, 6) is 1.62. The van der Waals surface area contributed by atoms with Crippen molar-refractivity contribution in [3.63, 3.8) is 0 Å². The third kappa shape index (κ3) is 5.59.